The molecule has 11 heteroatoms. The Morgan fingerprint density at radius 2 is 1.95 bits per heavy atom. The molecule has 1 amide bonds. The second kappa shape index (κ2) is 12.2. The molecule has 40 heavy (non-hydrogen) atoms. The van der Waals surface area contributed by atoms with Crippen LogP contribution in [0.4, 0.5) is 4.79 Å². The summed E-state index contributed by atoms with van der Waals surface area (Å²) in [5, 5.41) is 12.6. The highest BCUT2D eigenvalue weighted by molar-refractivity contribution is 7.98. The Balaban J connectivity index is 1.50. The lowest BCUT2D eigenvalue weighted by Gasteiger charge is -2.29. The lowest BCUT2D eigenvalue weighted by atomic mass is 9.95. The molecule has 10 nitrogen and oxygen atoms in total. The molecule has 0 aliphatic carbocycles. The highest BCUT2D eigenvalue weighted by Gasteiger charge is 2.24. The Kier molecular flexibility index (Phi) is 8.43. The number of aromatic nitrogens is 4. The molecule has 1 fully saturated rings. The van der Waals surface area contributed by atoms with E-state index in [0.717, 1.165) is 39.9 Å². The Morgan fingerprint density at radius 3 is 2.65 bits per heavy atom. The van der Waals surface area contributed by atoms with Crippen LogP contribution in [0.15, 0.2) is 58.6 Å². The number of nitrogens with zero attached hydrogens (tertiary/aromatic N) is 4. The number of carbonyl (C=O) groups is 1. The number of hydrogen-bond acceptors (Lipinski definition) is 8. The summed E-state index contributed by atoms with van der Waals surface area (Å²) in [6, 6.07) is 13.5. The molecular formula is C29H31N5O5S. The van der Waals surface area contributed by atoms with Gasteiger partial charge in [-0.05, 0) is 55.0 Å². The van der Waals surface area contributed by atoms with Crippen LogP contribution < -0.4 is 10.9 Å². The monoisotopic (exact) mass is 561 g/mol. The minimum atomic E-state index is -1.12. The highest BCUT2D eigenvalue weighted by atomic mass is 32.2. The van der Waals surface area contributed by atoms with Gasteiger partial charge in [-0.3, -0.25) is 14.3 Å². The number of amides is 1. The predicted molar refractivity (Wildman–Crippen MR) is 154 cm³/mol. The van der Waals surface area contributed by atoms with Crippen LogP contribution in [0.5, 0.6) is 0 Å². The van der Waals surface area contributed by atoms with Gasteiger partial charge < -0.3 is 19.9 Å². The van der Waals surface area contributed by atoms with Gasteiger partial charge in [0.2, 0.25) is 0 Å². The van der Waals surface area contributed by atoms with E-state index in [1.807, 2.05) is 49.6 Å². The third kappa shape index (κ3) is 6.01. The normalized spacial score (nSPS) is 17.2. The molecule has 0 unspecified atom stereocenters. The van der Waals surface area contributed by atoms with E-state index >= 15 is 0 Å². The van der Waals surface area contributed by atoms with Gasteiger partial charge >= 0.3 is 6.09 Å². The molecule has 0 atom stereocenters. The molecule has 0 radical (unpaired) electrons. The standard InChI is InChI=1S/C29H31N5O5S/c1-4-18-12-19(24-7-5-6-17(2)31-24)8-9-22(18)23-13-20-14-30-28(40-3)33-26(20)34(27(23)35)11-10-25-38-15-21(16-39-25)32-29(36)37/h5-9,12-14,21,25,32H,4,10-11,15-16H2,1-3H3,(H,36,37). The smallest absolute Gasteiger partial charge is 0.405 e. The zero-order valence-corrected chi connectivity index (χ0v) is 23.4. The first-order valence-corrected chi connectivity index (χ1v) is 14.3. The van der Waals surface area contributed by atoms with Gasteiger partial charge in [0.25, 0.3) is 5.56 Å². The number of carboxylic acid groups (broad SMARTS) is 1. The third-order valence-corrected chi connectivity index (χ3v) is 7.39. The van der Waals surface area contributed by atoms with Crippen LogP contribution in [0.1, 0.15) is 24.6 Å². The average molecular weight is 562 g/mol. The van der Waals surface area contributed by atoms with Gasteiger partial charge in [-0.2, -0.15) is 0 Å². The molecule has 0 bridgehead atoms. The number of hydrogen-bond donors (Lipinski definition) is 2. The van der Waals surface area contributed by atoms with E-state index in [9.17, 15) is 9.59 Å². The zero-order valence-electron chi connectivity index (χ0n) is 22.6. The molecule has 3 aromatic heterocycles. The molecule has 208 valence electrons. The summed E-state index contributed by atoms with van der Waals surface area (Å²) in [6.45, 7) is 4.75. The molecular weight excluding hydrogens is 530 g/mol. The SMILES string of the molecule is CCc1cc(-c2cccc(C)n2)ccc1-c1cc2cnc(SC)nc2n(CCC2OCC(NC(=O)O)CO2)c1=O. The van der Waals surface area contributed by atoms with E-state index in [1.54, 1.807) is 10.8 Å². The third-order valence-electron chi connectivity index (χ3n) is 6.83. The number of nitrogens with one attached hydrogen (secondary N) is 1. The minimum Gasteiger partial charge on any atom is -0.465 e. The first-order valence-electron chi connectivity index (χ1n) is 13.1. The summed E-state index contributed by atoms with van der Waals surface area (Å²) in [7, 11) is 0. The first kappa shape index (κ1) is 27.8. The van der Waals surface area contributed by atoms with E-state index in [4.69, 9.17) is 14.6 Å². The van der Waals surface area contributed by atoms with E-state index in [2.05, 4.69) is 33.3 Å². The summed E-state index contributed by atoms with van der Waals surface area (Å²) in [6.07, 6.45) is 3.09. The summed E-state index contributed by atoms with van der Waals surface area (Å²) in [4.78, 5) is 38.7. The summed E-state index contributed by atoms with van der Waals surface area (Å²) >= 11 is 1.41. The molecule has 4 aromatic rings. The Labute approximate surface area is 235 Å². The van der Waals surface area contributed by atoms with Crippen LogP contribution in [0.3, 0.4) is 0 Å². The maximum Gasteiger partial charge on any atom is 0.405 e. The zero-order chi connectivity index (χ0) is 28.2. The first-order chi connectivity index (χ1) is 19.4. The van der Waals surface area contributed by atoms with Crippen molar-refractivity contribution in [3.8, 4) is 22.4 Å². The number of pyridine rings is 2. The van der Waals surface area contributed by atoms with E-state index < -0.39 is 18.4 Å². The van der Waals surface area contributed by atoms with Gasteiger partial charge in [0, 0.05) is 41.4 Å². The molecule has 4 heterocycles. The molecule has 1 aliphatic rings. The second-order valence-corrected chi connectivity index (χ2v) is 10.3. The lowest BCUT2D eigenvalue weighted by molar-refractivity contribution is -0.192. The quantitative estimate of drug-likeness (QED) is 0.236. The van der Waals surface area contributed by atoms with Gasteiger partial charge in [-0.15, -0.1) is 0 Å². The largest absolute Gasteiger partial charge is 0.465 e. The number of rotatable bonds is 8. The van der Waals surface area contributed by atoms with Crippen molar-refractivity contribution in [3.63, 3.8) is 0 Å². The summed E-state index contributed by atoms with van der Waals surface area (Å²) in [5.41, 5.74) is 5.71. The minimum absolute atomic E-state index is 0.157. The Bertz CT molecular complexity index is 1600. The maximum absolute atomic E-state index is 14.0. The van der Waals surface area contributed by atoms with Crippen molar-refractivity contribution < 1.29 is 19.4 Å². The fourth-order valence-corrected chi connectivity index (χ4v) is 5.19. The van der Waals surface area contributed by atoms with Crippen molar-refractivity contribution >= 4 is 28.9 Å². The van der Waals surface area contributed by atoms with Gasteiger partial charge in [0.15, 0.2) is 11.4 Å². The van der Waals surface area contributed by atoms with Crippen molar-refractivity contribution in [1.29, 1.82) is 0 Å². The Hall–Kier alpha value is -3.80. The predicted octanol–water partition coefficient (Wildman–Crippen LogP) is 4.51. The fraction of sp³-hybridized carbons (Fsp3) is 0.345. The van der Waals surface area contributed by atoms with E-state index in [1.165, 1.54) is 11.8 Å². The van der Waals surface area contributed by atoms with E-state index in [-0.39, 0.29) is 18.8 Å². The van der Waals surface area contributed by atoms with Crippen molar-refractivity contribution in [2.24, 2.45) is 0 Å². The maximum atomic E-state index is 14.0. The lowest BCUT2D eigenvalue weighted by Crippen LogP contribution is -2.46. The van der Waals surface area contributed by atoms with Crippen LogP contribution in [-0.4, -0.2) is 62.5 Å². The molecule has 1 aromatic carbocycles. The van der Waals surface area contributed by atoms with E-state index in [0.29, 0.717) is 29.3 Å². The number of fused-ring (bicyclic) bond motifs is 1. The van der Waals surface area contributed by atoms with Crippen LogP contribution in [-0.2, 0) is 22.4 Å². The molecule has 2 N–H and O–H groups in total. The van der Waals surface area contributed by atoms with Gasteiger partial charge in [-0.25, -0.2) is 14.8 Å². The van der Waals surface area contributed by atoms with Gasteiger partial charge in [0.1, 0.15) is 5.65 Å². The fourth-order valence-electron chi connectivity index (χ4n) is 4.86. The summed E-state index contributed by atoms with van der Waals surface area (Å²) < 4.78 is 13.1. The van der Waals surface area contributed by atoms with Crippen molar-refractivity contribution in [1.82, 2.24) is 24.8 Å². The highest BCUT2D eigenvalue weighted by Crippen LogP contribution is 2.29. The number of ether oxygens (including phenoxy) is 2. The average Bonchev–Trinajstić information content (AvgIpc) is 2.96. The number of benzene rings is 1. The van der Waals surface area contributed by atoms with Gasteiger partial charge in [-0.1, -0.05) is 36.9 Å². The molecule has 1 saturated heterocycles. The van der Waals surface area contributed by atoms with Gasteiger partial charge in [0.05, 0.1) is 24.9 Å². The van der Waals surface area contributed by atoms with Crippen LogP contribution >= 0.6 is 11.8 Å². The van der Waals surface area contributed by atoms with Crippen molar-refractivity contribution in [2.75, 3.05) is 19.5 Å². The summed E-state index contributed by atoms with van der Waals surface area (Å²) in [5.74, 6) is 0. The van der Waals surface area contributed by atoms with Crippen LogP contribution in [0, 0.1) is 6.92 Å². The molecule has 0 spiro atoms. The topological polar surface area (TPSA) is 128 Å². The van der Waals surface area contributed by atoms with Crippen molar-refractivity contribution in [2.45, 2.75) is 50.7 Å². The van der Waals surface area contributed by atoms with Crippen molar-refractivity contribution in [3.05, 3.63) is 70.3 Å². The molecule has 5 rings (SSSR count). The number of thioether (sulfide) groups is 1. The second-order valence-electron chi connectivity index (χ2n) is 9.57. The van der Waals surface area contributed by atoms with Crippen LogP contribution in [0.25, 0.3) is 33.4 Å². The number of aryl methyl sites for hydroxylation is 3. The Morgan fingerprint density at radius 1 is 1.15 bits per heavy atom. The molecule has 1 aliphatic heterocycles. The van der Waals surface area contributed by atoms with Crippen LogP contribution in [0.2, 0.25) is 0 Å². The molecule has 0 saturated carbocycles.